The van der Waals surface area contributed by atoms with Gasteiger partial charge in [0.25, 0.3) is 0 Å². The highest BCUT2D eigenvalue weighted by molar-refractivity contribution is 8.00. The summed E-state index contributed by atoms with van der Waals surface area (Å²) in [5.74, 6) is -0.120. The Hall–Kier alpha value is -3.72. The number of rotatable bonds is 7. The van der Waals surface area contributed by atoms with E-state index >= 15 is 0 Å². The molecule has 0 fully saturated rings. The number of thioether (sulfide) groups is 1. The molecule has 184 valence electrons. The van der Waals surface area contributed by atoms with Crippen LogP contribution in [0.5, 0.6) is 0 Å². The fourth-order valence-corrected chi connectivity index (χ4v) is 5.90. The van der Waals surface area contributed by atoms with Gasteiger partial charge in [-0.1, -0.05) is 77.6 Å². The smallest absolute Gasteiger partial charge is 0.244 e. The lowest BCUT2D eigenvalue weighted by molar-refractivity contribution is -0.115. The van der Waals surface area contributed by atoms with Gasteiger partial charge in [0.05, 0.1) is 10.2 Å². The molecule has 0 radical (unpaired) electrons. The molecule has 8 heteroatoms. The lowest BCUT2D eigenvalue weighted by Crippen LogP contribution is -2.19. The van der Waals surface area contributed by atoms with Crippen molar-refractivity contribution in [3.63, 3.8) is 0 Å². The summed E-state index contributed by atoms with van der Waals surface area (Å²) in [6.07, 6.45) is 0. The standard InChI is InChI=1S/C29H24N4OS3/c1-19-14-16-21(17-15-19)30-28(35)31-22-10-7-11-23(18-22)36-26(20-8-3-2-4-9-20)27(34)33-29-32-24-12-5-6-13-25(24)37-29/h2-18,26H,1H3,(H2,30,31,35)(H,32,33,34). The molecule has 0 aliphatic heterocycles. The Morgan fingerprint density at radius 1 is 0.838 bits per heavy atom. The maximum atomic E-state index is 13.5. The fourth-order valence-electron chi connectivity index (χ4n) is 3.71. The van der Waals surface area contributed by atoms with Crippen molar-refractivity contribution in [1.29, 1.82) is 0 Å². The quantitative estimate of drug-likeness (QED) is 0.144. The molecule has 5 rings (SSSR count). The van der Waals surface area contributed by atoms with E-state index in [1.54, 1.807) is 0 Å². The second-order valence-corrected chi connectivity index (χ2v) is 11.0. The number of thiazole rings is 1. The van der Waals surface area contributed by atoms with Gasteiger partial charge in [0.15, 0.2) is 10.2 Å². The summed E-state index contributed by atoms with van der Waals surface area (Å²) in [6, 6.07) is 33.6. The van der Waals surface area contributed by atoms with E-state index in [4.69, 9.17) is 12.2 Å². The number of thiocarbonyl (C=S) groups is 1. The monoisotopic (exact) mass is 540 g/mol. The molecular formula is C29H24N4OS3. The normalized spacial score (nSPS) is 11.6. The van der Waals surface area contributed by atoms with Crippen molar-refractivity contribution in [1.82, 2.24) is 4.98 Å². The summed E-state index contributed by atoms with van der Waals surface area (Å²) in [7, 11) is 0. The maximum absolute atomic E-state index is 13.5. The highest BCUT2D eigenvalue weighted by atomic mass is 32.2. The molecule has 37 heavy (non-hydrogen) atoms. The summed E-state index contributed by atoms with van der Waals surface area (Å²) in [5.41, 5.74) is 4.74. The number of nitrogens with zero attached hydrogens (tertiary/aromatic N) is 1. The first-order valence-electron chi connectivity index (χ1n) is 11.7. The van der Waals surface area contributed by atoms with Gasteiger partial charge in [-0.15, -0.1) is 11.8 Å². The molecule has 0 bridgehead atoms. The number of fused-ring (bicyclic) bond motifs is 1. The van der Waals surface area contributed by atoms with E-state index in [2.05, 4.69) is 20.9 Å². The zero-order valence-electron chi connectivity index (χ0n) is 20.0. The number of carbonyl (C=O) groups is 1. The molecule has 1 unspecified atom stereocenters. The van der Waals surface area contributed by atoms with Crippen molar-refractivity contribution in [3.8, 4) is 0 Å². The number of aryl methyl sites for hydroxylation is 1. The third kappa shape index (κ3) is 6.54. The van der Waals surface area contributed by atoms with Crippen molar-refractivity contribution in [3.05, 3.63) is 114 Å². The van der Waals surface area contributed by atoms with Gasteiger partial charge in [-0.2, -0.15) is 0 Å². The maximum Gasteiger partial charge on any atom is 0.244 e. The van der Waals surface area contributed by atoms with Crippen molar-refractivity contribution < 1.29 is 4.79 Å². The van der Waals surface area contributed by atoms with Crippen LogP contribution >= 0.6 is 35.3 Å². The summed E-state index contributed by atoms with van der Waals surface area (Å²) in [6.45, 7) is 2.05. The molecule has 1 heterocycles. The fraction of sp³-hybridized carbons (Fsp3) is 0.0690. The molecule has 4 aromatic carbocycles. The molecule has 3 N–H and O–H groups in total. The topological polar surface area (TPSA) is 66.0 Å². The third-order valence-electron chi connectivity index (χ3n) is 5.52. The lowest BCUT2D eigenvalue weighted by Gasteiger charge is -2.17. The number of anilines is 3. The van der Waals surface area contributed by atoms with Crippen LogP contribution in [0.1, 0.15) is 16.4 Å². The summed E-state index contributed by atoms with van der Waals surface area (Å²) in [4.78, 5) is 19.0. The molecule has 0 spiro atoms. The minimum atomic E-state index is -0.457. The van der Waals surface area contributed by atoms with Crippen molar-refractivity contribution in [2.75, 3.05) is 16.0 Å². The highest BCUT2D eigenvalue weighted by Gasteiger charge is 2.23. The molecule has 0 saturated heterocycles. The Labute approximate surface area is 229 Å². The van der Waals surface area contributed by atoms with Gasteiger partial charge in [-0.25, -0.2) is 4.98 Å². The van der Waals surface area contributed by atoms with Crippen LogP contribution in [0.25, 0.3) is 10.2 Å². The second kappa shape index (κ2) is 11.6. The van der Waals surface area contributed by atoms with Gasteiger partial charge < -0.3 is 16.0 Å². The molecule has 0 aliphatic rings. The minimum absolute atomic E-state index is 0.120. The molecule has 0 aliphatic carbocycles. The Morgan fingerprint density at radius 3 is 2.35 bits per heavy atom. The Bertz CT molecular complexity index is 1500. The molecule has 1 amide bonds. The van der Waals surface area contributed by atoms with E-state index < -0.39 is 5.25 Å². The molecule has 0 saturated carbocycles. The van der Waals surface area contributed by atoms with Gasteiger partial charge in [-0.3, -0.25) is 4.79 Å². The van der Waals surface area contributed by atoms with Crippen LogP contribution in [-0.2, 0) is 4.79 Å². The zero-order valence-corrected chi connectivity index (χ0v) is 22.4. The van der Waals surface area contributed by atoms with Crippen LogP contribution in [0.15, 0.2) is 108 Å². The summed E-state index contributed by atoms with van der Waals surface area (Å²) >= 11 is 8.46. The van der Waals surface area contributed by atoms with Crippen molar-refractivity contribution in [2.45, 2.75) is 17.1 Å². The highest BCUT2D eigenvalue weighted by Crippen LogP contribution is 2.38. The predicted octanol–water partition coefficient (Wildman–Crippen LogP) is 7.89. The van der Waals surface area contributed by atoms with Crippen molar-refractivity contribution >= 4 is 73.1 Å². The molecule has 5 nitrogen and oxygen atoms in total. The molecule has 1 atom stereocenters. The van der Waals surface area contributed by atoms with E-state index in [0.29, 0.717) is 10.2 Å². The molecule has 1 aromatic heterocycles. The number of carbonyl (C=O) groups excluding carboxylic acids is 1. The SMILES string of the molecule is Cc1ccc(NC(=S)Nc2cccc(SC(C(=O)Nc3nc4ccccc4s3)c3ccccc3)c2)cc1. The Morgan fingerprint density at radius 2 is 1.57 bits per heavy atom. The van der Waals surface area contributed by atoms with E-state index in [-0.39, 0.29) is 5.91 Å². The molecular weight excluding hydrogens is 517 g/mol. The number of nitrogens with one attached hydrogen (secondary N) is 3. The van der Waals surface area contributed by atoms with Crippen LogP contribution in [0, 0.1) is 6.92 Å². The number of amides is 1. The zero-order chi connectivity index (χ0) is 25.6. The van der Waals surface area contributed by atoms with Crippen LogP contribution in [0.2, 0.25) is 0 Å². The van der Waals surface area contributed by atoms with E-state index in [0.717, 1.165) is 32.1 Å². The summed E-state index contributed by atoms with van der Waals surface area (Å²) in [5, 5.41) is 10.1. The first-order chi connectivity index (χ1) is 18.0. The average Bonchev–Trinajstić information content (AvgIpc) is 3.31. The molecule has 5 aromatic rings. The Kier molecular flexibility index (Phi) is 7.79. The second-order valence-electron chi connectivity index (χ2n) is 8.36. The van der Waals surface area contributed by atoms with Gasteiger partial charge in [0.2, 0.25) is 5.91 Å². The van der Waals surface area contributed by atoms with Crippen LogP contribution in [0.4, 0.5) is 16.5 Å². The first kappa shape index (κ1) is 25.0. The van der Waals surface area contributed by atoms with Crippen LogP contribution < -0.4 is 16.0 Å². The third-order valence-corrected chi connectivity index (χ3v) is 7.92. The minimum Gasteiger partial charge on any atom is -0.332 e. The summed E-state index contributed by atoms with van der Waals surface area (Å²) < 4.78 is 1.04. The Balaban J connectivity index is 1.31. The van der Waals surface area contributed by atoms with Gasteiger partial charge in [0.1, 0.15) is 5.25 Å². The number of benzene rings is 4. The van der Waals surface area contributed by atoms with E-state index in [1.807, 2.05) is 110 Å². The number of para-hydroxylation sites is 1. The average molecular weight is 541 g/mol. The van der Waals surface area contributed by atoms with Gasteiger partial charge in [0, 0.05) is 16.3 Å². The number of hydrogen-bond acceptors (Lipinski definition) is 5. The number of aromatic nitrogens is 1. The largest absolute Gasteiger partial charge is 0.332 e. The first-order valence-corrected chi connectivity index (χ1v) is 13.8. The number of hydrogen-bond donors (Lipinski definition) is 3. The van der Waals surface area contributed by atoms with Gasteiger partial charge >= 0.3 is 0 Å². The van der Waals surface area contributed by atoms with E-state index in [9.17, 15) is 4.79 Å². The van der Waals surface area contributed by atoms with E-state index in [1.165, 1.54) is 28.7 Å². The predicted molar refractivity (Wildman–Crippen MR) is 161 cm³/mol. The van der Waals surface area contributed by atoms with Gasteiger partial charge in [-0.05, 0) is 67.2 Å². The van der Waals surface area contributed by atoms with Crippen LogP contribution in [0.3, 0.4) is 0 Å². The lowest BCUT2D eigenvalue weighted by atomic mass is 10.1. The van der Waals surface area contributed by atoms with Crippen molar-refractivity contribution in [2.24, 2.45) is 0 Å². The van der Waals surface area contributed by atoms with Crippen LogP contribution in [-0.4, -0.2) is 16.0 Å².